The third-order valence-corrected chi connectivity index (χ3v) is 7.94. The molecule has 0 unspecified atom stereocenters. The van der Waals surface area contributed by atoms with Gasteiger partial charge in [-0.15, -0.1) is 22.9 Å². The van der Waals surface area contributed by atoms with E-state index in [2.05, 4.69) is 0 Å². The van der Waals surface area contributed by atoms with Gasteiger partial charge in [-0.2, -0.15) is 4.31 Å². The van der Waals surface area contributed by atoms with Gasteiger partial charge >= 0.3 is 0 Å². The van der Waals surface area contributed by atoms with E-state index in [0.717, 1.165) is 38.9 Å². The lowest BCUT2D eigenvalue weighted by molar-refractivity contribution is 0.318. The maximum Gasteiger partial charge on any atom is 0.243 e. The first-order valence-electron chi connectivity index (χ1n) is 9.32. The molecule has 4 rings (SSSR count). The van der Waals surface area contributed by atoms with E-state index < -0.39 is 10.0 Å². The zero-order valence-corrected chi connectivity index (χ0v) is 18.4. The molecule has 0 saturated carbocycles. The maximum atomic E-state index is 12.9. The SMILES string of the molecule is Cc1ccc(S(=O)(=O)N2Cc3nc(-c4ccc(OCCCCl)cc4)sc3C2)cc1. The van der Waals surface area contributed by atoms with E-state index in [4.69, 9.17) is 21.3 Å². The largest absolute Gasteiger partial charge is 0.494 e. The van der Waals surface area contributed by atoms with Crippen LogP contribution in [0.3, 0.4) is 0 Å². The first kappa shape index (κ1) is 20.3. The summed E-state index contributed by atoms with van der Waals surface area (Å²) >= 11 is 7.21. The molecule has 0 spiro atoms. The molecule has 0 amide bonds. The second kappa shape index (κ2) is 8.44. The van der Waals surface area contributed by atoms with E-state index in [9.17, 15) is 8.42 Å². The third-order valence-electron chi connectivity index (χ3n) is 4.73. The Morgan fingerprint density at radius 3 is 2.48 bits per heavy atom. The molecule has 8 heteroatoms. The summed E-state index contributed by atoms with van der Waals surface area (Å²) < 4.78 is 32.9. The number of alkyl halides is 1. The lowest BCUT2D eigenvalue weighted by Gasteiger charge is -2.15. The zero-order valence-electron chi connectivity index (χ0n) is 16.0. The zero-order chi connectivity index (χ0) is 20.4. The summed E-state index contributed by atoms with van der Waals surface area (Å²) in [5.41, 5.74) is 2.87. The normalized spacial score (nSPS) is 14.1. The predicted molar refractivity (Wildman–Crippen MR) is 116 cm³/mol. The number of aryl methyl sites for hydroxylation is 1. The molecule has 1 aromatic heterocycles. The third kappa shape index (κ3) is 4.33. The van der Waals surface area contributed by atoms with Gasteiger partial charge in [0.2, 0.25) is 10.0 Å². The van der Waals surface area contributed by atoms with E-state index in [0.29, 0.717) is 30.5 Å². The maximum absolute atomic E-state index is 12.9. The fourth-order valence-corrected chi connectivity index (χ4v) is 5.76. The Kier molecular flexibility index (Phi) is 5.92. The number of thiazole rings is 1. The molecule has 0 atom stereocenters. The molecule has 2 aromatic carbocycles. The van der Waals surface area contributed by atoms with Crippen LogP contribution in [0.4, 0.5) is 0 Å². The highest BCUT2D eigenvalue weighted by Gasteiger charge is 2.33. The standard InChI is InChI=1S/C21H21ClN2O3S2/c1-15-3-9-18(10-4-15)29(25,26)24-13-19-20(14-24)28-21(23-19)16-5-7-17(8-6-16)27-12-2-11-22/h3-10H,2,11-14H2,1H3. The Bertz CT molecular complexity index is 1070. The Hall–Kier alpha value is -1.93. The fourth-order valence-electron chi connectivity index (χ4n) is 3.10. The molecule has 5 nitrogen and oxygen atoms in total. The van der Waals surface area contributed by atoms with Gasteiger partial charge in [0.25, 0.3) is 0 Å². The second-order valence-corrected chi connectivity index (χ2v) is 10.3. The van der Waals surface area contributed by atoms with Crippen LogP contribution in [-0.2, 0) is 23.1 Å². The van der Waals surface area contributed by atoms with Crippen molar-refractivity contribution in [3.63, 3.8) is 0 Å². The number of halogens is 1. The lowest BCUT2D eigenvalue weighted by Crippen LogP contribution is -2.25. The van der Waals surface area contributed by atoms with Crippen molar-refractivity contribution in [2.24, 2.45) is 0 Å². The van der Waals surface area contributed by atoms with E-state index in [1.807, 2.05) is 43.3 Å². The summed E-state index contributed by atoms with van der Waals surface area (Å²) in [6.45, 7) is 3.21. The Morgan fingerprint density at radius 1 is 1.10 bits per heavy atom. The van der Waals surface area contributed by atoms with Crippen molar-refractivity contribution in [3.8, 4) is 16.3 Å². The highest BCUT2D eigenvalue weighted by Crippen LogP contribution is 2.36. The number of hydrogen-bond acceptors (Lipinski definition) is 5. The molecule has 0 N–H and O–H groups in total. The first-order valence-corrected chi connectivity index (χ1v) is 12.1. The molecule has 0 fully saturated rings. The molecule has 0 bridgehead atoms. The highest BCUT2D eigenvalue weighted by molar-refractivity contribution is 7.89. The molecule has 29 heavy (non-hydrogen) atoms. The van der Waals surface area contributed by atoms with E-state index in [1.54, 1.807) is 23.5 Å². The molecule has 0 saturated heterocycles. The Labute approximate surface area is 180 Å². The summed E-state index contributed by atoms with van der Waals surface area (Å²) in [5.74, 6) is 1.39. The molecule has 1 aliphatic heterocycles. The lowest BCUT2D eigenvalue weighted by atomic mass is 10.2. The van der Waals surface area contributed by atoms with Crippen LogP contribution in [0.5, 0.6) is 5.75 Å². The van der Waals surface area contributed by atoms with Crippen LogP contribution in [0, 0.1) is 6.92 Å². The minimum Gasteiger partial charge on any atom is -0.494 e. The van der Waals surface area contributed by atoms with Crippen molar-refractivity contribution < 1.29 is 13.2 Å². The van der Waals surface area contributed by atoms with Gasteiger partial charge in [0.15, 0.2) is 0 Å². The van der Waals surface area contributed by atoms with Crippen LogP contribution in [-0.4, -0.2) is 30.2 Å². The molecule has 3 aromatic rings. The predicted octanol–water partition coefficient (Wildman–Crippen LogP) is 4.83. The summed E-state index contributed by atoms with van der Waals surface area (Å²) in [7, 11) is -3.51. The number of hydrogen-bond donors (Lipinski definition) is 0. The second-order valence-electron chi connectivity index (χ2n) is 6.89. The monoisotopic (exact) mass is 448 g/mol. The summed E-state index contributed by atoms with van der Waals surface area (Å²) in [6.07, 6.45) is 0.810. The topological polar surface area (TPSA) is 59.5 Å². The van der Waals surface area contributed by atoms with Gasteiger partial charge in [-0.1, -0.05) is 17.7 Å². The minimum absolute atomic E-state index is 0.307. The molecule has 2 heterocycles. The summed E-state index contributed by atoms with van der Waals surface area (Å²) in [6, 6.07) is 14.7. The van der Waals surface area contributed by atoms with Gasteiger partial charge in [0.1, 0.15) is 10.8 Å². The van der Waals surface area contributed by atoms with Crippen molar-refractivity contribution in [2.45, 2.75) is 31.3 Å². The van der Waals surface area contributed by atoms with Crippen LogP contribution in [0.1, 0.15) is 22.6 Å². The molecule has 0 radical (unpaired) electrons. The van der Waals surface area contributed by atoms with Crippen LogP contribution >= 0.6 is 22.9 Å². The van der Waals surface area contributed by atoms with Crippen LogP contribution in [0.2, 0.25) is 0 Å². The number of nitrogens with zero attached hydrogens (tertiary/aromatic N) is 2. The Morgan fingerprint density at radius 2 is 1.83 bits per heavy atom. The Balaban J connectivity index is 1.47. The van der Waals surface area contributed by atoms with Gasteiger partial charge in [-0.3, -0.25) is 0 Å². The average Bonchev–Trinajstić information content (AvgIpc) is 3.29. The highest BCUT2D eigenvalue weighted by atomic mass is 35.5. The molecular formula is C21H21ClN2O3S2. The molecule has 0 aliphatic carbocycles. The van der Waals surface area contributed by atoms with E-state index in [-0.39, 0.29) is 0 Å². The van der Waals surface area contributed by atoms with E-state index in [1.165, 1.54) is 4.31 Å². The quantitative estimate of drug-likeness (QED) is 0.383. The van der Waals surface area contributed by atoms with Crippen LogP contribution in [0.15, 0.2) is 53.4 Å². The first-order chi connectivity index (χ1) is 14.0. The number of benzene rings is 2. The average molecular weight is 449 g/mol. The number of fused-ring (bicyclic) bond motifs is 1. The summed E-state index contributed by atoms with van der Waals surface area (Å²) in [4.78, 5) is 6.01. The van der Waals surface area contributed by atoms with Gasteiger partial charge in [0.05, 0.1) is 30.3 Å². The van der Waals surface area contributed by atoms with Gasteiger partial charge in [0, 0.05) is 16.3 Å². The van der Waals surface area contributed by atoms with Gasteiger partial charge < -0.3 is 4.74 Å². The van der Waals surface area contributed by atoms with Gasteiger partial charge in [-0.05, 0) is 49.7 Å². The molecular weight excluding hydrogens is 428 g/mol. The van der Waals surface area contributed by atoms with Gasteiger partial charge in [-0.25, -0.2) is 13.4 Å². The van der Waals surface area contributed by atoms with Crippen molar-refractivity contribution in [1.29, 1.82) is 0 Å². The fraction of sp³-hybridized carbons (Fsp3) is 0.286. The van der Waals surface area contributed by atoms with Crippen molar-refractivity contribution >= 4 is 33.0 Å². The number of ether oxygens (including phenoxy) is 1. The number of rotatable bonds is 7. The number of aromatic nitrogens is 1. The number of sulfonamides is 1. The minimum atomic E-state index is -3.51. The molecule has 152 valence electrons. The smallest absolute Gasteiger partial charge is 0.243 e. The van der Waals surface area contributed by atoms with Crippen molar-refractivity contribution in [2.75, 3.05) is 12.5 Å². The van der Waals surface area contributed by atoms with E-state index >= 15 is 0 Å². The van der Waals surface area contributed by atoms with Crippen LogP contribution in [0.25, 0.3) is 10.6 Å². The summed E-state index contributed by atoms with van der Waals surface area (Å²) in [5, 5.41) is 0.898. The molecule has 1 aliphatic rings. The van der Waals surface area contributed by atoms with Crippen molar-refractivity contribution in [1.82, 2.24) is 9.29 Å². The van der Waals surface area contributed by atoms with Crippen LogP contribution < -0.4 is 4.74 Å². The van der Waals surface area contributed by atoms with Crippen molar-refractivity contribution in [3.05, 3.63) is 64.7 Å².